The van der Waals surface area contributed by atoms with Crippen LogP contribution in [0.15, 0.2) is 72.2 Å². The van der Waals surface area contributed by atoms with Crippen LogP contribution in [0, 0.1) is 12.3 Å². The lowest BCUT2D eigenvalue weighted by molar-refractivity contribution is -0.144. The lowest BCUT2D eigenvalue weighted by Crippen LogP contribution is -2.57. The number of aromatic nitrogens is 2. The molecule has 2 aromatic heterocycles. The van der Waals surface area contributed by atoms with E-state index in [0.29, 0.717) is 42.1 Å². The third kappa shape index (κ3) is 15.5. The topological polar surface area (TPSA) is 333 Å². The van der Waals surface area contributed by atoms with Gasteiger partial charge in [0.05, 0.1) is 39.3 Å². The summed E-state index contributed by atoms with van der Waals surface area (Å²) in [5.41, 5.74) is 8.77. The van der Waals surface area contributed by atoms with Gasteiger partial charge >= 0.3 is 7.60 Å². The molecule has 2 saturated heterocycles. The Labute approximate surface area is 477 Å². The number of aliphatic hydroxyl groups is 1. The van der Waals surface area contributed by atoms with Crippen molar-refractivity contribution in [2.45, 2.75) is 135 Å². The predicted octanol–water partition coefficient (Wildman–Crippen LogP) is 5.20. The first-order chi connectivity index (χ1) is 38.2. The number of rotatable bonds is 23. The zero-order valence-corrected chi connectivity index (χ0v) is 48.3. The van der Waals surface area contributed by atoms with Gasteiger partial charge in [-0.1, -0.05) is 68.8 Å². The number of hydrogen-bond donors (Lipinski definition) is 9. The summed E-state index contributed by atoms with van der Waals surface area (Å²) in [6.45, 7) is 10.7. The summed E-state index contributed by atoms with van der Waals surface area (Å²) in [4.78, 5) is 136. The monoisotopic (exact) mass is 1170 g/mol. The van der Waals surface area contributed by atoms with Crippen molar-refractivity contribution >= 4 is 88.3 Å². The molecule has 2 fully saturated rings. The summed E-state index contributed by atoms with van der Waals surface area (Å²) in [5, 5.41) is 22.7. The van der Waals surface area contributed by atoms with Crippen LogP contribution in [0.1, 0.15) is 123 Å². The van der Waals surface area contributed by atoms with Crippen molar-refractivity contribution in [1.29, 1.82) is 0 Å². The molecule has 434 valence electrons. The average Bonchev–Trinajstić information content (AvgIpc) is 4.25. The Bertz CT molecular complexity index is 3230. The molecule has 0 saturated carbocycles. The Kier molecular flexibility index (Phi) is 20.0. The zero-order valence-electron chi connectivity index (χ0n) is 45.8. The van der Waals surface area contributed by atoms with Crippen LogP contribution in [-0.2, 0) is 39.8 Å². The molecule has 2 aliphatic rings. The van der Waals surface area contributed by atoms with Crippen molar-refractivity contribution in [2.24, 2.45) is 11.1 Å². The molecule has 0 bridgehead atoms. The second-order valence-corrected chi connectivity index (χ2v) is 24.4. The summed E-state index contributed by atoms with van der Waals surface area (Å²) in [7, 11) is -5.04. The highest BCUT2D eigenvalue weighted by Gasteiger charge is 2.45. The van der Waals surface area contributed by atoms with Gasteiger partial charge in [-0.3, -0.25) is 42.9 Å². The van der Waals surface area contributed by atoms with Crippen LogP contribution in [0.5, 0.6) is 5.75 Å². The minimum absolute atomic E-state index is 0.0123. The highest BCUT2D eigenvalue weighted by molar-refractivity contribution is 7.70. The van der Waals surface area contributed by atoms with Gasteiger partial charge < -0.3 is 61.4 Å². The molecular formula is C56H69ClN9O13PS. The van der Waals surface area contributed by atoms with E-state index in [0.717, 1.165) is 21.7 Å². The van der Waals surface area contributed by atoms with Crippen molar-refractivity contribution in [1.82, 2.24) is 41.0 Å². The van der Waals surface area contributed by atoms with Gasteiger partial charge in [-0.15, -0.1) is 11.3 Å². The summed E-state index contributed by atoms with van der Waals surface area (Å²) in [6, 6.07) is 13.0. The van der Waals surface area contributed by atoms with Crippen molar-refractivity contribution < 1.29 is 62.6 Å². The van der Waals surface area contributed by atoms with E-state index >= 15 is 0 Å². The van der Waals surface area contributed by atoms with Crippen molar-refractivity contribution in [3.05, 3.63) is 105 Å². The maximum Gasteiger partial charge on any atom is 0.396 e. The van der Waals surface area contributed by atoms with Crippen LogP contribution in [0.2, 0.25) is 5.02 Å². The molecule has 7 atom stereocenters. The Morgan fingerprint density at radius 2 is 1.63 bits per heavy atom. The lowest BCUT2D eigenvalue weighted by atomic mass is 9.85. The molecular weight excluding hydrogens is 1110 g/mol. The molecule has 25 heteroatoms. The SMILES string of the molecule is Cc1ncsc1-c1ccc([C@H](C)NC(=O)[C@@H]2C[C@@H](O)CN2C(=O)[C@@H](NC(=O)CCCc2cccc(OC[C@H](CCC(N)=O)NC(=O)[C@@H]3CCCN3C(=O)[C@H](C)NC(=O)c3cc4cc(C(=O)P(=O)(O)O)ccc4[nH]3)c2Cl)C(C)(C)C)cc1. The third-order valence-corrected chi connectivity index (χ3v) is 16.6. The average molecular weight is 1170 g/mol. The van der Waals surface area contributed by atoms with Gasteiger partial charge in [0.15, 0.2) is 0 Å². The van der Waals surface area contributed by atoms with E-state index in [1.54, 1.807) is 35.0 Å². The van der Waals surface area contributed by atoms with Crippen LogP contribution >= 0.6 is 30.5 Å². The minimum atomic E-state index is -5.04. The quantitative estimate of drug-likeness (QED) is 0.0380. The number of β-amino-alcohol motifs (C(OH)–C–C–N with tert-alkyl or cyclic N) is 1. The number of halogens is 1. The van der Waals surface area contributed by atoms with E-state index in [9.17, 15) is 57.8 Å². The maximum absolute atomic E-state index is 14.3. The molecule has 3 aromatic carbocycles. The summed E-state index contributed by atoms with van der Waals surface area (Å²) < 4.78 is 17.6. The van der Waals surface area contributed by atoms with Gasteiger partial charge in [0.1, 0.15) is 42.2 Å². The Morgan fingerprint density at radius 3 is 2.30 bits per heavy atom. The number of aryl methyl sites for hydroxylation is 2. The molecule has 10 N–H and O–H groups in total. The van der Waals surface area contributed by atoms with E-state index < -0.39 is 102 Å². The van der Waals surface area contributed by atoms with Crippen molar-refractivity contribution in [2.75, 3.05) is 19.7 Å². The van der Waals surface area contributed by atoms with Crippen molar-refractivity contribution in [3.8, 4) is 16.2 Å². The third-order valence-electron chi connectivity index (χ3n) is 14.4. The van der Waals surface area contributed by atoms with Gasteiger partial charge in [-0.2, -0.15) is 0 Å². The van der Waals surface area contributed by atoms with Crippen LogP contribution in [-0.4, -0.2) is 138 Å². The second kappa shape index (κ2) is 26.3. The number of carbonyl (C=O) groups excluding carboxylic acids is 8. The molecule has 22 nitrogen and oxygen atoms in total. The number of H-pyrrole nitrogens is 1. The predicted molar refractivity (Wildman–Crippen MR) is 303 cm³/mol. The molecule has 4 heterocycles. The number of primary amides is 1. The van der Waals surface area contributed by atoms with Crippen LogP contribution < -0.4 is 31.7 Å². The number of nitrogens with zero attached hydrogens (tertiary/aromatic N) is 3. The van der Waals surface area contributed by atoms with E-state index in [1.165, 1.54) is 41.0 Å². The molecule has 0 unspecified atom stereocenters. The highest BCUT2D eigenvalue weighted by Crippen LogP contribution is 2.40. The van der Waals surface area contributed by atoms with Gasteiger partial charge in [0, 0.05) is 48.8 Å². The minimum Gasteiger partial charge on any atom is -0.490 e. The number of amides is 7. The number of nitrogens with one attached hydrogen (secondary N) is 5. The molecule has 0 spiro atoms. The number of fused-ring (bicyclic) bond motifs is 1. The first-order valence-corrected chi connectivity index (χ1v) is 29.5. The number of hydrogen-bond acceptors (Lipinski definition) is 13. The van der Waals surface area contributed by atoms with Gasteiger partial charge in [-0.25, -0.2) is 4.98 Å². The Hall–Kier alpha value is -7.01. The molecule has 7 amide bonds. The number of nitrogens with two attached hydrogens (primary N) is 1. The summed E-state index contributed by atoms with van der Waals surface area (Å²) in [5.74, 6) is -3.39. The number of likely N-dealkylation sites (tertiary alicyclic amines) is 2. The lowest BCUT2D eigenvalue weighted by Gasteiger charge is -2.35. The second-order valence-electron chi connectivity index (χ2n) is 21.7. The fourth-order valence-corrected chi connectivity index (χ4v) is 11.6. The first kappa shape index (κ1) is 61.6. The van der Waals surface area contributed by atoms with E-state index in [4.69, 9.17) is 22.1 Å². The van der Waals surface area contributed by atoms with Crippen LogP contribution in [0.4, 0.5) is 0 Å². The number of aromatic amines is 1. The number of aliphatic hydroxyl groups excluding tert-OH is 1. The molecule has 5 aromatic rings. The Balaban J connectivity index is 0.908. The van der Waals surface area contributed by atoms with E-state index in [-0.39, 0.29) is 67.4 Å². The fraction of sp³-hybridized carbons (Fsp3) is 0.446. The van der Waals surface area contributed by atoms with Crippen LogP contribution in [0.3, 0.4) is 0 Å². The van der Waals surface area contributed by atoms with E-state index in [1.807, 2.05) is 58.9 Å². The normalized spacial score (nSPS) is 17.9. The summed E-state index contributed by atoms with van der Waals surface area (Å²) >= 11 is 8.40. The van der Waals surface area contributed by atoms with Gasteiger partial charge in [0.2, 0.25) is 35.4 Å². The maximum atomic E-state index is 14.3. The molecule has 0 radical (unpaired) electrons. The van der Waals surface area contributed by atoms with Gasteiger partial charge in [0.25, 0.3) is 11.4 Å². The fourth-order valence-electron chi connectivity index (χ4n) is 9.99. The standard InChI is InChI=1S/C56H69ClN9O13PS/c1-30(33-15-17-35(18-16-33)48-31(2)59-29-81-48)60-52(72)43-26-39(67)27-66(43)54(74)49(56(4,5)6)64-46(69)14-8-11-34-10-7-13-44(47(34)57)79-28-38(20-22-45(58)68)62-51(71)42-12-9-23-65(42)53(73)32(3)61-50(70)41-25-37-24-36(19-21-40(37)63-41)55(75)80(76,77)78/h7,10,13,15-19,21,24-25,29-30,32,38-39,42-43,49,63,67H,8-9,11-12,14,20,22-23,26-28H2,1-6H3,(H2,58,68)(H,60,72)(H,61,70)(H,62,71)(H,64,69)(H2,76,77,78)/t30-,32-,38-,39+,42-,43-,49+/m0/s1. The molecule has 0 aliphatic carbocycles. The number of ether oxygens (including phenoxy) is 1. The highest BCUT2D eigenvalue weighted by atomic mass is 35.5. The first-order valence-electron chi connectivity index (χ1n) is 26.6. The van der Waals surface area contributed by atoms with Crippen LogP contribution in [0.25, 0.3) is 21.3 Å². The largest absolute Gasteiger partial charge is 0.490 e. The van der Waals surface area contributed by atoms with Crippen molar-refractivity contribution in [3.63, 3.8) is 0 Å². The zero-order chi connectivity index (χ0) is 59.1. The Morgan fingerprint density at radius 1 is 0.914 bits per heavy atom. The smallest absolute Gasteiger partial charge is 0.396 e. The summed E-state index contributed by atoms with van der Waals surface area (Å²) in [6.07, 6.45) is 0.562. The molecule has 7 rings (SSSR count). The number of carbonyl (C=O) groups is 8. The molecule has 81 heavy (non-hydrogen) atoms. The number of benzene rings is 3. The molecule has 2 aliphatic heterocycles. The van der Waals surface area contributed by atoms with E-state index in [2.05, 4.69) is 31.2 Å². The van der Waals surface area contributed by atoms with Gasteiger partial charge in [-0.05, 0) is 105 Å². The number of thiazole rings is 1.